The van der Waals surface area contributed by atoms with Gasteiger partial charge in [0.15, 0.2) is 0 Å². The maximum atomic E-state index is 12.6. The van der Waals surface area contributed by atoms with Crippen LogP contribution in [-0.4, -0.2) is 46.9 Å². The summed E-state index contributed by atoms with van der Waals surface area (Å²) in [7, 11) is 0. The van der Waals surface area contributed by atoms with Crippen LogP contribution in [0.2, 0.25) is 0 Å². The minimum absolute atomic E-state index is 0.101. The number of hydrogen-bond donors (Lipinski definition) is 0. The monoisotopic (exact) mass is 421 g/mol. The Morgan fingerprint density at radius 2 is 1.96 bits per heavy atom. The van der Waals surface area contributed by atoms with E-state index in [-0.39, 0.29) is 11.3 Å². The number of rotatable bonds is 3. The van der Waals surface area contributed by atoms with Gasteiger partial charge in [-0.15, -0.1) is 11.3 Å². The molecule has 0 saturated carbocycles. The Labute approximate surface area is 162 Å². The lowest BCUT2D eigenvalue weighted by Gasteiger charge is -2.34. The van der Waals surface area contributed by atoms with Crippen molar-refractivity contribution in [3.8, 4) is 0 Å². The van der Waals surface area contributed by atoms with Crippen molar-refractivity contribution < 1.29 is 4.79 Å². The van der Waals surface area contributed by atoms with Gasteiger partial charge in [0.05, 0.1) is 12.2 Å². The lowest BCUT2D eigenvalue weighted by atomic mass is 9.93. The number of nitrogens with zero attached hydrogens (tertiary/aromatic N) is 3. The van der Waals surface area contributed by atoms with E-state index in [2.05, 4.69) is 47.0 Å². The molecule has 25 heavy (non-hydrogen) atoms. The predicted molar refractivity (Wildman–Crippen MR) is 106 cm³/mol. The Morgan fingerprint density at radius 1 is 1.24 bits per heavy atom. The highest BCUT2D eigenvalue weighted by Crippen LogP contribution is 2.25. The first-order chi connectivity index (χ1) is 11.8. The van der Waals surface area contributed by atoms with Gasteiger partial charge < -0.3 is 4.90 Å². The van der Waals surface area contributed by atoms with Crippen molar-refractivity contribution >= 4 is 33.2 Å². The molecule has 0 atom stereocenters. The average molecular weight is 422 g/mol. The van der Waals surface area contributed by atoms with Crippen molar-refractivity contribution in [3.63, 3.8) is 0 Å². The van der Waals surface area contributed by atoms with Crippen LogP contribution >= 0.6 is 27.3 Å². The zero-order valence-electron chi connectivity index (χ0n) is 15.0. The molecule has 3 rings (SSSR count). The number of amides is 1. The molecule has 1 aliphatic heterocycles. The topological polar surface area (TPSA) is 36.4 Å². The molecule has 1 aromatic heterocycles. The minimum atomic E-state index is 0.101. The quantitative estimate of drug-likeness (QED) is 0.746. The molecule has 1 fully saturated rings. The maximum absolute atomic E-state index is 12.6. The average Bonchev–Trinajstić information content (AvgIpc) is 3.04. The molecule has 134 valence electrons. The van der Waals surface area contributed by atoms with E-state index in [1.54, 1.807) is 11.3 Å². The molecule has 1 aromatic carbocycles. The van der Waals surface area contributed by atoms with Crippen LogP contribution in [0.15, 0.2) is 34.1 Å². The first-order valence-corrected chi connectivity index (χ1v) is 10.2. The van der Waals surface area contributed by atoms with Gasteiger partial charge in [0.2, 0.25) is 0 Å². The van der Waals surface area contributed by atoms with Gasteiger partial charge in [0.1, 0.15) is 5.01 Å². The molecule has 2 heterocycles. The highest BCUT2D eigenvalue weighted by Gasteiger charge is 2.23. The van der Waals surface area contributed by atoms with Gasteiger partial charge in [0, 0.05) is 47.0 Å². The molecule has 0 bridgehead atoms. The molecule has 1 aliphatic rings. The van der Waals surface area contributed by atoms with E-state index in [0.29, 0.717) is 0 Å². The molecule has 4 nitrogen and oxygen atoms in total. The van der Waals surface area contributed by atoms with E-state index in [1.807, 2.05) is 29.2 Å². The Morgan fingerprint density at radius 3 is 2.56 bits per heavy atom. The van der Waals surface area contributed by atoms with Crippen LogP contribution in [-0.2, 0) is 12.0 Å². The highest BCUT2D eigenvalue weighted by atomic mass is 79.9. The van der Waals surface area contributed by atoms with Gasteiger partial charge in [-0.2, -0.15) is 0 Å². The molecule has 0 N–H and O–H groups in total. The van der Waals surface area contributed by atoms with Crippen LogP contribution in [0.25, 0.3) is 0 Å². The van der Waals surface area contributed by atoms with Crippen LogP contribution in [0, 0.1) is 0 Å². The van der Waals surface area contributed by atoms with Crippen LogP contribution in [0.4, 0.5) is 0 Å². The van der Waals surface area contributed by atoms with Crippen molar-refractivity contribution in [1.82, 2.24) is 14.8 Å². The fourth-order valence-electron chi connectivity index (χ4n) is 2.83. The molecule has 1 amide bonds. The zero-order valence-corrected chi connectivity index (χ0v) is 17.4. The molecule has 0 radical (unpaired) electrons. The summed E-state index contributed by atoms with van der Waals surface area (Å²) in [6, 6.07) is 7.61. The Bertz CT molecular complexity index is 745. The maximum Gasteiger partial charge on any atom is 0.253 e. The Balaban J connectivity index is 1.55. The number of benzene rings is 1. The summed E-state index contributed by atoms with van der Waals surface area (Å²) in [6.07, 6.45) is 0. The number of halogens is 1. The number of hydrogen-bond acceptors (Lipinski definition) is 4. The second-order valence-corrected chi connectivity index (χ2v) is 9.31. The second kappa shape index (κ2) is 7.56. The lowest BCUT2D eigenvalue weighted by molar-refractivity contribution is 0.0628. The Hall–Kier alpha value is -1.24. The lowest BCUT2D eigenvalue weighted by Crippen LogP contribution is -2.48. The van der Waals surface area contributed by atoms with Gasteiger partial charge in [-0.3, -0.25) is 9.69 Å². The molecular weight excluding hydrogens is 398 g/mol. The molecule has 6 heteroatoms. The number of aromatic nitrogens is 1. The van der Waals surface area contributed by atoms with E-state index >= 15 is 0 Å². The summed E-state index contributed by atoms with van der Waals surface area (Å²) < 4.78 is 0.940. The molecule has 0 unspecified atom stereocenters. The normalized spacial score (nSPS) is 16.2. The number of thiazole rings is 1. The van der Waals surface area contributed by atoms with E-state index < -0.39 is 0 Å². The van der Waals surface area contributed by atoms with Gasteiger partial charge in [-0.05, 0) is 18.2 Å². The summed E-state index contributed by atoms with van der Waals surface area (Å²) in [6.45, 7) is 10.8. The smallest absolute Gasteiger partial charge is 0.253 e. The van der Waals surface area contributed by atoms with Crippen LogP contribution in [0.3, 0.4) is 0 Å². The third kappa shape index (κ3) is 4.68. The summed E-state index contributed by atoms with van der Waals surface area (Å²) in [4.78, 5) is 21.7. The fourth-order valence-corrected chi connectivity index (χ4v) is 4.29. The van der Waals surface area contributed by atoms with Crippen molar-refractivity contribution in [2.75, 3.05) is 26.2 Å². The number of carbonyl (C=O) groups excluding carboxylic acids is 1. The van der Waals surface area contributed by atoms with Gasteiger partial charge in [0.25, 0.3) is 5.91 Å². The van der Waals surface area contributed by atoms with Crippen LogP contribution in [0.5, 0.6) is 0 Å². The van der Waals surface area contributed by atoms with Gasteiger partial charge in [-0.25, -0.2) is 4.98 Å². The van der Waals surface area contributed by atoms with E-state index in [4.69, 9.17) is 4.98 Å². The summed E-state index contributed by atoms with van der Waals surface area (Å²) in [5.41, 5.74) is 2.01. The van der Waals surface area contributed by atoms with Crippen LogP contribution in [0.1, 0.15) is 41.8 Å². The third-order valence-corrected chi connectivity index (χ3v) is 5.74. The van der Waals surface area contributed by atoms with E-state index in [0.717, 1.165) is 53.5 Å². The van der Waals surface area contributed by atoms with Crippen LogP contribution < -0.4 is 0 Å². The second-order valence-electron chi connectivity index (χ2n) is 7.46. The predicted octanol–water partition coefficient (Wildman–Crippen LogP) is 4.16. The van der Waals surface area contributed by atoms with Crippen molar-refractivity contribution in [2.24, 2.45) is 0 Å². The molecule has 1 saturated heterocycles. The molecular formula is C19H24BrN3OS. The van der Waals surface area contributed by atoms with Gasteiger partial charge in [-0.1, -0.05) is 42.8 Å². The molecule has 0 spiro atoms. The highest BCUT2D eigenvalue weighted by molar-refractivity contribution is 9.10. The Kier molecular flexibility index (Phi) is 5.61. The van der Waals surface area contributed by atoms with Crippen molar-refractivity contribution in [2.45, 2.75) is 32.7 Å². The zero-order chi connectivity index (χ0) is 18.0. The third-order valence-electron chi connectivity index (χ3n) is 4.41. The van der Waals surface area contributed by atoms with E-state index in [1.165, 1.54) is 0 Å². The van der Waals surface area contributed by atoms with Crippen molar-refractivity contribution in [3.05, 3.63) is 50.4 Å². The van der Waals surface area contributed by atoms with Gasteiger partial charge >= 0.3 is 0 Å². The molecule has 0 aliphatic carbocycles. The first-order valence-electron chi connectivity index (χ1n) is 8.55. The summed E-state index contributed by atoms with van der Waals surface area (Å²) in [5.74, 6) is 0.116. The minimum Gasteiger partial charge on any atom is -0.336 e. The number of carbonyl (C=O) groups is 1. The summed E-state index contributed by atoms with van der Waals surface area (Å²) in [5, 5.41) is 3.33. The standard InChI is InChI=1S/C19H24BrN3OS/c1-19(2,3)16-13-25-17(21-16)12-22-7-9-23(10-8-22)18(24)14-5-4-6-15(20)11-14/h4-6,11,13H,7-10,12H2,1-3H3. The SMILES string of the molecule is CC(C)(C)c1csc(CN2CCN(C(=O)c3cccc(Br)c3)CC2)n1. The van der Waals surface area contributed by atoms with E-state index in [9.17, 15) is 4.79 Å². The molecule has 2 aromatic rings. The first kappa shape index (κ1) is 18.5. The number of piperazine rings is 1. The largest absolute Gasteiger partial charge is 0.336 e. The summed E-state index contributed by atoms with van der Waals surface area (Å²) >= 11 is 5.17. The fraction of sp³-hybridized carbons (Fsp3) is 0.474. The van der Waals surface area contributed by atoms with Crippen molar-refractivity contribution in [1.29, 1.82) is 0 Å².